The summed E-state index contributed by atoms with van der Waals surface area (Å²) in [6.45, 7) is -0.814. The lowest BCUT2D eigenvalue weighted by molar-refractivity contribution is -0.0466. The Balaban J connectivity index is 1.64. The summed E-state index contributed by atoms with van der Waals surface area (Å²) >= 11 is 0. The zero-order valence-electron chi connectivity index (χ0n) is 14.5. The lowest BCUT2D eigenvalue weighted by Gasteiger charge is -2.19. The van der Waals surface area contributed by atoms with Gasteiger partial charge in [0.1, 0.15) is 12.4 Å². The maximum Gasteiger partial charge on any atom is 0.490 e. The zero-order valence-corrected chi connectivity index (χ0v) is 17.2. The van der Waals surface area contributed by atoms with Crippen LogP contribution in [-0.4, -0.2) is 68.5 Å². The second kappa shape index (κ2) is 8.27. The number of aliphatic hydroxyl groups is 1. The van der Waals surface area contributed by atoms with Gasteiger partial charge in [0, 0.05) is 6.42 Å². The largest absolute Gasteiger partial charge is 0.490 e. The Morgan fingerprint density at radius 3 is 2.53 bits per heavy atom. The molecule has 5 unspecified atom stereocenters. The van der Waals surface area contributed by atoms with Crippen LogP contribution in [0.15, 0.2) is 6.33 Å². The summed E-state index contributed by atoms with van der Waals surface area (Å²) in [7, 11) is -16.5. The van der Waals surface area contributed by atoms with E-state index in [0.717, 1.165) is 6.33 Å². The normalized spacial score (nSPS) is 26.5. The molecule has 0 amide bonds. The summed E-state index contributed by atoms with van der Waals surface area (Å²) in [5, 5.41) is 17.7. The molecule has 3 rings (SSSR count). The third-order valence-corrected chi connectivity index (χ3v) is 7.39. The Morgan fingerprint density at radius 1 is 1.17 bits per heavy atom. The van der Waals surface area contributed by atoms with E-state index >= 15 is 0 Å². The van der Waals surface area contributed by atoms with E-state index in [9.17, 15) is 23.7 Å². The fourth-order valence-corrected chi connectivity index (χ4v) is 5.49. The Bertz CT molecular complexity index is 1070. The highest BCUT2D eigenvalue weighted by Gasteiger charge is 2.43. The van der Waals surface area contributed by atoms with Crippen LogP contribution in [0, 0.1) is 0 Å². The van der Waals surface area contributed by atoms with Crippen molar-refractivity contribution in [2.24, 2.45) is 0 Å². The standard InChI is InChI=1S/C9H15N6O12P3/c10-8-7-9(12-3-11-8)15(14-13-7)6-1-4(16)5(25-6)2-24-29(20,21)27-30(22,23)26-28(17,18)19/h3-6,16H,1-2H2,(H,20,21)(H,22,23)(H2,10,11,12)(H2,17,18,19). The fourth-order valence-electron chi connectivity index (χ4n) is 2.46. The predicted octanol–water partition coefficient (Wildman–Crippen LogP) is -1.20. The third kappa shape index (κ3) is 5.64. The average molecular weight is 492 g/mol. The van der Waals surface area contributed by atoms with Gasteiger partial charge in [0.15, 0.2) is 23.2 Å². The van der Waals surface area contributed by atoms with Crippen molar-refractivity contribution in [3.63, 3.8) is 0 Å². The van der Waals surface area contributed by atoms with Gasteiger partial charge in [0.25, 0.3) is 0 Å². The molecule has 0 aliphatic carbocycles. The first-order chi connectivity index (χ1) is 13.8. The lowest BCUT2D eigenvalue weighted by Crippen LogP contribution is -2.26. The number of fused-ring (bicyclic) bond motifs is 1. The molecule has 2 aromatic heterocycles. The van der Waals surface area contributed by atoms with Crippen LogP contribution in [0.5, 0.6) is 0 Å². The molecule has 1 aliphatic rings. The quantitative estimate of drug-likeness (QED) is 0.236. The minimum absolute atomic E-state index is 0.0627. The number of aliphatic hydroxyl groups excluding tert-OH is 1. The second-order valence-electron chi connectivity index (χ2n) is 5.78. The number of aromatic nitrogens is 5. The molecule has 7 N–H and O–H groups in total. The first-order valence-corrected chi connectivity index (χ1v) is 12.2. The van der Waals surface area contributed by atoms with E-state index in [1.807, 2.05) is 0 Å². The Morgan fingerprint density at radius 2 is 1.87 bits per heavy atom. The number of nitrogens with zero attached hydrogens (tertiary/aromatic N) is 5. The van der Waals surface area contributed by atoms with Crippen LogP contribution in [0.2, 0.25) is 0 Å². The van der Waals surface area contributed by atoms with Gasteiger partial charge in [-0.15, -0.1) is 5.10 Å². The van der Waals surface area contributed by atoms with Gasteiger partial charge in [0.05, 0.1) is 12.7 Å². The third-order valence-electron chi connectivity index (χ3n) is 3.58. The minimum Gasteiger partial charge on any atom is -0.390 e. The van der Waals surface area contributed by atoms with Crippen molar-refractivity contribution in [2.75, 3.05) is 12.3 Å². The Hall–Kier alpha value is -1.39. The van der Waals surface area contributed by atoms with Crippen LogP contribution in [0.25, 0.3) is 11.2 Å². The summed E-state index contributed by atoms with van der Waals surface area (Å²) in [6, 6.07) is 0. The molecule has 168 valence electrons. The van der Waals surface area contributed by atoms with Gasteiger partial charge in [-0.05, 0) is 0 Å². The molecule has 2 aromatic rings. The maximum atomic E-state index is 11.8. The second-order valence-corrected chi connectivity index (χ2v) is 10.2. The minimum atomic E-state index is -5.65. The average Bonchev–Trinajstić information content (AvgIpc) is 3.14. The number of phosphoric ester groups is 1. The molecule has 1 fully saturated rings. The molecule has 3 heterocycles. The number of nitrogen functional groups attached to an aromatic ring is 1. The van der Waals surface area contributed by atoms with Crippen LogP contribution >= 0.6 is 23.5 Å². The summed E-state index contributed by atoms with van der Waals surface area (Å²) in [5.74, 6) is 0.0639. The number of phosphoric acid groups is 3. The number of ether oxygens (including phenoxy) is 1. The highest BCUT2D eigenvalue weighted by molar-refractivity contribution is 7.66. The van der Waals surface area contributed by atoms with E-state index < -0.39 is 48.5 Å². The van der Waals surface area contributed by atoms with E-state index in [0.29, 0.717) is 0 Å². The van der Waals surface area contributed by atoms with Crippen LogP contribution in [0.4, 0.5) is 5.82 Å². The van der Waals surface area contributed by atoms with Crippen molar-refractivity contribution in [1.82, 2.24) is 25.0 Å². The zero-order chi connectivity index (χ0) is 22.3. The van der Waals surface area contributed by atoms with Crippen LogP contribution < -0.4 is 5.73 Å². The van der Waals surface area contributed by atoms with E-state index in [1.165, 1.54) is 4.68 Å². The molecule has 5 atom stereocenters. The Labute approximate surface area is 166 Å². The molecule has 0 aromatic carbocycles. The molecule has 0 saturated carbocycles. The number of anilines is 1. The highest BCUT2D eigenvalue weighted by Crippen LogP contribution is 2.66. The maximum absolute atomic E-state index is 11.8. The molecule has 18 nitrogen and oxygen atoms in total. The van der Waals surface area contributed by atoms with Crippen LogP contribution in [-0.2, 0) is 31.6 Å². The SMILES string of the molecule is Nc1ncnc2c1nnn2C1CC(O)C(COP(=O)(O)OP(=O)(O)OP(=O)(O)O)O1. The van der Waals surface area contributed by atoms with Crippen molar-refractivity contribution in [3.8, 4) is 0 Å². The van der Waals surface area contributed by atoms with Gasteiger partial charge in [-0.25, -0.2) is 23.7 Å². The summed E-state index contributed by atoms with van der Waals surface area (Å²) in [4.78, 5) is 43.2. The van der Waals surface area contributed by atoms with Gasteiger partial charge in [-0.3, -0.25) is 4.52 Å². The van der Waals surface area contributed by atoms with Gasteiger partial charge < -0.3 is 35.2 Å². The number of hydrogen-bond acceptors (Lipinski definition) is 13. The van der Waals surface area contributed by atoms with E-state index in [4.69, 9.17) is 25.2 Å². The molecule has 0 spiro atoms. The van der Waals surface area contributed by atoms with Crippen molar-refractivity contribution >= 4 is 40.4 Å². The monoisotopic (exact) mass is 492 g/mol. The summed E-state index contributed by atoms with van der Waals surface area (Å²) in [6.07, 6.45) is -2.28. The van der Waals surface area contributed by atoms with Crippen molar-refractivity contribution in [1.29, 1.82) is 0 Å². The van der Waals surface area contributed by atoms with Crippen molar-refractivity contribution in [2.45, 2.75) is 24.9 Å². The first kappa shape index (κ1) is 23.3. The van der Waals surface area contributed by atoms with Gasteiger partial charge in [0.2, 0.25) is 0 Å². The van der Waals surface area contributed by atoms with Gasteiger partial charge in [-0.2, -0.15) is 13.3 Å². The molecule has 30 heavy (non-hydrogen) atoms. The van der Waals surface area contributed by atoms with E-state index in [2.05, 4.69) is 33.4 Å². The molecular formula is C9H15N6O12P3. The van der Waals surface area contributed by atoms with Crippen molar-refractivity contribution < 1.29 is 56.3 Å². The first-order valence-electron chi connectivity index (χ1n) is 7.69. The number of nitrogens with two attached hydrogens (primary N) is 1. The van der Waals surface area contributed by atoms with E-state index in [-0.39, 0.29) is 23.4 Å². The Kier molecular flexibility index (Phi) is 6.42. The molecular weight excluding hydrogens is 477 g/mol. The number of rotatable bonds is 8. The summed E-state index contributed by atoms with van der Waals surface area (Å²) in [5.41, 5.74) is 6.04. The lowest BCUT2D eigenvalue weighted by atomic mass is 10.2. The number of hydrogen-bond donors (Lipinski definition) is 6. The van der Waals surface area contributed by atoms with Crippen molar-refractivity contribution in [3.05, 3.63) is 6.33 Å². The molecule has 21 heteroatoms. The predicted molar refractivity (Wildman–Crippen MR) is 91.9 cm³/mol. The topological polar surface area (TPSA) is 272 Å². The fraction of sp³-hybridized carbons (Fsp3) is 0.556. The van der Waals surface area contributed by atoms with Crippen LogP contribution in [0.1, 0.15) is 12.6 Å². The molecule has 1 saturated heterocycles. The van der Waals surface area contributed by atoms with Gasteiger partial charge >= 0.3 is 23.5 Å². The molecule has 1 aliphatic heterocycles. The van der Waals surface area contributed by atoms with E-state index in [1.54, 1.807) is 0 Å². The molecule has 0 bridgehead atoms. The summed E-state index contributed by atoms with van der Waals surface area (Å²) < 4.78 is 52.0. The smallest absolute Gasteiger partial charge is 0.390 e. The van der Waals surface area contributed by atoms with Crippen LogP contribution in [0.3, 0.4) is 0 Å². The highest BCUT2D eigenvalue weighted by atomic mass is 31.3. The molecule has 0 radical (unpaired) electrons. The van der Waals surface area contributed by atoms with Gasteiger partial charge in [-0.1, -0.05) is 5.21 Å².